The highest BCUT2D eigenvalue weighted by Gasteiger charge is 2.49. The van der Waals surface area contributed by atoms with E-state index in [0.29, 0.717) is 6.07 Å². The monoisotopic (exact) mass is 642 g/mol. The van der Waals surface area contributed by atoms with Gasteiger partial charge in [0.1, 0.15) is 17.1 Å². The van der Waals surface area contributed by atoms with E-state index in [1.807, 2.05) is 0 Å². The number of ketones is 1. The van der Waals surface area contributed by atoms with Crippen molar-refractivity contribution in [2.75, 3.05) is 20.4 Å². The van der Waals surface area contributed by atoms with Crippen molar-refractivity contribution in [3.63, 3.8) is 0 Å². The number of rotatable bonds is 12. The van der Waals surface area contributed by atoms with E-state index in [0.717, 1.165) is 0 Å². The molecular weight excluding hydrogens is 613 g/mol. The smallest absolute Gasteiger partial charge is 0.417 e. The van der Waals surface area contributed by atoms with Crippen LogP contribution in [0.4, 0.5) is 26.3 Å². The van der Waals surface area contributed by atoms with Crippen molar-refractivity contribution in [3.8, 4) is 11.5 Å². The highest BCUT2D eigenvalue weighted by molar-refractivity contribution is 7.95. The van der Waals surface area contributed by atoms with Gasteiger partial charge in [-0.2, -0.15) is 26.3 Å². The number of alkyl halides is 6. The summed E-state index contributed by atoms with van der Waals surface area (Å²) < 4.78 is 109. The summed E-state index contributed by atoms with van der Waals surface area (Å²) >= 11 is 0. The average molecular weight is 643 g/mol. The van der Waals surface area contributed by atoms with Crippen LogP contribution in [0.3, 0.4) is 0 Å². The number of carbonyl (C=O) groups excluding carboxylic acids is 3. The molecule has 6 nitrogen and oxygen atoms in total. The highest BCUT2D eigenvalue weighted by atomic mass is 31.2. The number of hydrogen-bond donors (Lipinski definition) is 0. The maximum atomic E-state index is 14.4. The zero-order chi connectivity index (χ0) is 33.0. The Kier molecular flexibility index (Phi) is 10.5. The maximum Gasteiger partial charge on any atom is 0.417 e. The number of halogens is 6. The Balaban J connectivity index is 2.08. The molecule has 0 amide bonds. The van der Waals surface area contributed by atoms with Gasteiger partial charge < -0.3 is 14.0 Å². The normalized spacial score (nSPS) is 13.2. The number of carbonyl (C=O) groups is 3. The van der Waals surface area contributed by atoms with Crippen molar-refractivity contribution in [2.45, 2.75) is 45.5 Å². The fraction of sp³-hybridized carbons (Fsp3) is 0.323. The van der Waals surface area contributed by atoms with Crippen LogP contribution in [0.25, 0.3) is 0 Å². The molecule has 0 aliphatic heterocycles. The van der Waals surface area contributed by atoms with Crippen LogP contribution >= 0.6 is 7.14 Å². The molecule has 0 spiro atoms. The fourth-order valence-corrected chi connectivity index (χ4v) is 7.51. The number of benzene rings is 3. The molecule has 0 fully saturated rings. The Bertz CT molecular complexity index is 1550. The predicted molar refractivity (Wildman–Crippen MR) is 151 cm³/mol. The summed E-state index contributed by atoms with van der Waals surface area (Å²) in [6.07, 6.45) is -12.4. The Labute approximate surface area is 249 Å². The summed E-state index contributed by atoms with van der Waals surface area (Å²) in [5.41, 5.74) is -8.82. The van der Waals surface area contributed by atoms with Crippen LogP contribution in [-0.2, 0) is 16.9 Å². The first-order valence-corrected chi connectivity index (χ1v) is 15.1. The van der Waals surface area contributed by atoms with E-state index in [4.69, 9.17) is 9.47 Å². The van der Waals surface area contributed by atoms with Crippen molar-refractivity contribution >= 4 is 24.0 Å². The molecule has 0 N–H and O–H groups in total. The number of hydrogen-bond acceptors (Lipinski definition) is 6. The predicted octanol–water partition coefficient (Wildman–Crippen LogP) is 8.76. The van der Waals surface area contributed by atoms with Crippen LogP contribution in [0.5, 0.6) is 11.5 Å². The molecule has 13 heteroatoms. The lowest BCUT2D eigenvalue weighted by atomic mass is 10.0. The quantitative estimate of drug-likeness (QED) is 0.0850. The number of ether oxygens (including phenoxy) is 2. The minimum atomic E-state index is -5.43. The van der Waals surface area contributed by atoms with E-state index in [2.05, 4.69) is 0 Å². The van der Waals surface area contributed by atoms with Gasteiger partial charge in [-0.3, -0.25) is 14.4 Å². The van der Waals surface area contributed by atoms with Gasteiger partial charge in [0.25, 0.3) is 0 Å². The van der Waals surface area contributed by atoms with Gasteiger partial charge in [-0.1, -0.05) is 30.3 Å². The topological polar surface area (TPSA) is 86.7 Å². The highest BCUT2D eigenvalue weighted by Crippen LogP contribution is 2.56. The lowest BCUT2D eigenvalue weighted by molar-refractivity contribution is -0.143. The Hall–Kier alpha value is -3.92. The molecule has 3 rings (SSSR count). The second kappa shape index (κ2) is 13.4. The minimum absolute atomic E-state index is 0.0947. The summed E-state index contributed by atoms with van der Waals surface area (Å²) in [5, 5.41) is 0. The summed E-state index contributed by atoms with van der Waals surface area (Å²) in [4.78, 5) is 40.6. The van der Waals surface area contributed by atoms with Gasteiger partial charge in [0.05, 0.1) is 30.9 Å². The Morgan fingerprint density at radius 2 is 1.09 bits per heavy atom. The van der Waals surface area contributed by atoms with Crippen molar-refractivity contribution in [2.24, 2.45) is 0 Å². The Morgan fingerprint density at radius 1 is 0.659 bits per heavy atom. The molecule has 0 aliphatic carbocycles. The number of Topliss-reactive ketones (excluding diaryl/α,β-unsaturated/α-hetero) is 1. The molecule has 1 atom stereocenters. The van der Waals surface area contributed by atoms with Crippen molar-refractivity contribution in [1.82, 2.24) is 0 Å². The number of methoxy groups -OCH3 is 2. The zero-order valence-corrected chi connectivity index (χ0v) is 25.1. The molecule has 0 aliphatic rings. The largest absolute Gasteiger partial charge is 0.496 e. The molecule has 3 aromatic carbocycles. The zero-order valence-electron chi connectivity index (χ0n) is 24.2. The first kappa shape index (κ1) is 34.6. The van der Waals surface area contributed by atoms with E-state index < -0.39 is 59.2 Å². The van der Waals surface area contributed by atoms with Crippen LogP contribution in [-0.4, -0.2) is 37.2 Å². The molecule has 1 unspecified atom stereocenters. The molecule has 0 bridgehead atoms. The molecule has 44 heavy (non-hydrogen) atoms. The molecule has 0 saturated carbocycles. The van der Waals surface area contributed by atoms with Crippen LogP contribution in [0.15, 0.2) is 54.6 Å². The first-order chi connectivity index (χ1) is 20.5. The lowest BCUT2D eigenvalue weighted by Crippen LogP contribution is -2.23. The lowest BCUT2D eigenvalue weighted by Gasteiger charge is -2.23. The molecular formula is C31H29F6O6P. The molecule has 0 aromatic heterocycles. The number of aryl methyl sites for hydroxylation is 2. The summed E-state index contributed by atoms with van der Waals surface area (Å²) in [6.45, 7) is 2.89. The van der Waals surface area contributed by atoms with Crippen LogP contribution < -0.4 is 9.47 Å². The van der Waals surface area contributed by atoms with Gasteiger partial charge >= 0.3 is 12.4 Å². The molecule has 0 heterocycles. The standard InChI is InChI=1S/C31H29F6O6P/c1-18-10-7-11-19(2)25(18)28(39)44(41,17-6-5-14-22(38)27-23(42-3)15-9-16-24(27)43-4)29(40)26-20(30(32,33)34)12-8-13-21(26)31(35,36)37/h7-13,15-16H,5-6,14,17H2,1-4H3. The second-order valence-electron chi connectivity index (χ2n) is 9.98. The average Bonchev–Trinajstić information content (AvgIpc) is 2.96. The first-order valence-electron chi connectivity index (χ1n) is 13.3. The summed E-state index contributed by atoms with van der Waals surface area (Å²) in [6, 6.07) is 10.1. The van der Waals surface area contributed by atoms with Gasteiger partial charge in [0.15, 0.2) is 5.78 Å². The van der Waals surface area contributed by atoms with E-state index in [1.165, 1.54) is 52.3 Å². The molecule has 0 saturated heterocycles. The summed E-state index contributed by atoms with van der Waals surface area (Å²) in [5.74, 6) is -0.0870. The molecule has 3 aromatic rings. The van der Waals surface area contributed by atoms with Crippen molar-refractivity contribution in [1.29, 1.82) is 0 Å². The van der Waals surface area contributed by atoms with E-state index in [-0.39, 0.29) is 65.1 Å². The fourth-order valence-electron chi connectivity index (χ4n) is 4.93. The van der Waals surface area contributed by atoms with Crippen LogP contribution in [0.2, 0.25) is 0 Å². The molecule has 0 radical (unpaired) electrons. The van der Waals surface area contributed by atoms with Crippen molar-refractivity contribution in [3.05, 3.63) is 93.5 Å². The third-order valence-electron chi connectivity index (χ3n) is 7.07. The van der Waals surface area contributed by atoms with Gasteiger partial charge in [-0.25, -0.2) is 0 Å². The van der Waals surface area contributed by atoms with Gasteiger partial charge in [-0.15, -0.1) is 0 Å². The SMILES string of the molecule is COc1cccc(OC)c1C(=O)CCCCP(=O)(C(=O)c1c(C)cccc1C)C(=O)c1c(C(F)(F)F)cccc1C(F)(F)F. The van der Waals surface area contributed by atoms with E-state index >= 15 is 0 Å². The van der Waals surface area contributed by atoms with Gasteiger partial charge in [0, 0.05) is 18.1 Å². The Morgan fingerprint density at radius 3 is 1.55 bits per heavy atom. The van der Waals surface area contributed by atoms with E-state index in [1.54, 1.807) is 12.1 Å². The minimum Gasteiger partial charge on any atom is -0.496 e. The van der Waals surface area contributed by atoms with Crippen LogP contribution in [0, 0.1) is 13.8 Å². The molecule has 236 valence electrons. The maximum absolute atomic E-state index is 14.4. The number of unbranched alkanes of at least 4 members (excludes halogenated alkanes) is 1. The summed E-state index contributed by atoms with van der Waals surface area (Å²) in [7, 11) is -2.53. The van der Waals surface area contributed by atoms with Gasteiger partial charge in [0.2, 0.25) is 18.2 Å². The van der Waals surface area contributed by atoms with Crippen molar-refractivity contribution < 1.29 is 54.8 Å². The second-order valence-corrected chi connectivity index (χ2v) is 12.7. The van der Waals surface area contributed by atoms with E-state index in [9.17, 15) is 45.3 Å². The third kappa shape index (κ3) is 7.07. The third-order valence-corrected chi connectivity index (χ3v) is 9.78. The van der Waals surface area contributed by atoms with Crippen LogP contribution in [0.1, 0.15) is 72.6 Å². The van der Waals surface area contributed by atoms with Gasteiger partial charge in [-0.05, 0) is 62.1 Å².